The Morgan fingerprint density at radius 1 is 1.16 bits per heavy atom. The lowest BCUT2D eigenvalue weighted by molar-refractivity contribution is -0.159. The highest BCUT2D eigenvalue weighted by Gasteiger charge is 2.52. The van der Waals surface area contributed by atoms with Gasteiger partial charge < -0.3 is 15.7 Å². The SMILES string of the molecule is C=C(/C=C(/C(=O)NCC12CCC(C(=O)O)(CC1)CC2)n1ncnc1C)C(=O)NCc1ccc(F)c(Cl)c1. The minimum absolute atomic E-state index is 0.0213. The molecule has 0 aliphatic heterocycles. The van der Waals surface area contributed by atoms with E-state index in [0.717, 1.165) is 19.3 Å². The Morgan fingerprint density at radius 3 is 2.41 bits per heavy atom. The number of aliphatic carboxylic acids is 1. The lowest BCUT2D eigenvalue weighted by Crippen LogP contribution is -2.50. The molecule has 2 amide bonds. The van der Waals surface area contributed by atoms with Crippen molar-refractivity contribution >= 4 is 35.1 Å². The molecule has 0 radical (unpaired) electrons. The third-order valence-corrected chi connectivity index (χ3v) is 7.99. The third kappa shape index (κ3) is 5.58. The van der Waals surface area contributed by atoms with Gasteiger partial charge in [-0.15, -0.1) is 0 Å². The van der Waals surface area contributed by atoms with E-state index in [1.54, 1.807) is 6.92 Å². The van der Waals surface area contributed by atoms with E-state index in [9.17, 15) is 23.9 Å². The molecule has 11 heteroatoms. The van der Waals surface area contributed by atoms with Crippen LogP contribution in [0.4, 0.5) is 4.39 Å². The molecule has 5 rings (SSSR count). The number of halogens is 2. The van der Waals surface area contributed by atoms with Crippen LogP contribution in [0.25, 0.3) is 5.70 Å². The number of hydrogen-bond donors (Lipinski definition) is 3. The second-order valence-corrected chi connectivity index (χ2v) is 10.4. The summed E-state index contributed by atoms with van der Waals surface area (Å²) >= 11 is 5.80. The molecule has 0 unspecified atom stereocenters. The summed E-state index contributed by atoms with van der Waals surface area (Å²) in [5.41, 5.74) is -0.0530. The molecule has 3 fully saturated rings. The Hall–Kier alpha value is -3.53. The molecule has 1 aromatic heterocycles. The Bertz CT molecular complexity index is 1260. The first kappa shape index (κ1) is 26.5. The van der Waals surface area contributed by atoms with Gasteiger partial charge in [-0.3, -0.25) is 14.4 Å². The van der Waals surface area contributed by atoms with Gasteiger partial charge in [-0.05, 0) is 74.6 Å². The molecule has 2 bridgehead atoms. The number of nitrogens with zero attached hydrogens (tertiary/aromatic N) is 3. The van der Waals surface area contributed by atoms with E-state index >= 15 is 0 Å². The molecular formula is C26H29ClFN5O4. The van der Waals surface area contributed by atoms with Crippen LogP contribution in [0.5, 0.6) is 0 Å². The van der Waals surface area contributed by atoms with Crippen molar-refractivity contribution in [3.8, 4) is 0 Å². The maximum absolute atomic E-state index is 13.4. The van der Waals surface area contributed by atoms with Gasteiger partial charge in [-0.2, -0.15) is 5.10 Å². The first-order chi connectivity index (χ1) is 17.5. The van der Waals surface area contributed by atoms with Crippen molar-refractivity contribution in [1.82, 2.24) is 25.4 Å². The predicted octanol–water partition coefficient (Wildman–Crippen LogP) is 3.63. The molecule has 196 valence electrons. The molecule has 1 aromatic carbocycles. The Morgan fingerprint density at radius 2 is 1.84 bits per heavy atom. The van der Waals surface area contributed by atoms with E-state index in [-0.39, 0.29) is 28.3 Å². The maximum atomic E-state index is 13.4. The number of nitrogens with one attached hydrogen (secondary N) is 2. The van der Waals surface area contributed by atoms with E-state index in [4.69, 9.17) is 11.6 Å². The standard InChI is InChI=1S/C26H29ClFN5O4/c1-16(22(34)29-13-18-3-4-20(28)19(27)12-18)11-21(33-17(2)31-15-32-33)23(35)30-14-25-5-8-26(9-6-25,10-7-25)24(36)37/h3-4,11-12,15H,1,5-10,13-14H2,2H3,(H,29,34)(H,30,35)(H,36,37)/b21-11-. The predicted molar refractivity (Wildman–Crippen MR) is 135 cm³/mol. The number of aromatic nitrogens is 3. The largest absolute Gasteiger partial charge is 0.481 e. The second-order valence-electron chi connectivity index (χ2n) is 9.97. The van der Waals surface area contributed by atoms with E-state index in [1.165, 1.54) is 35.3 Å². The van der Waals surface area contributed by atoms with Crippen LogP contribution in [-0.2, 0) is 20.9 Å². The number of carboxylic acids is 1. The molecule has 0 atom stereocenters. The van der Waals surface area contributed by atoms with Crippen molar-refractivity contribution in [3.63, 3.8) is 0 Å². The van der Waals surface area contributed by atoms with Crippen LogP contribution >= 0.6 is 11.6 Å². The van der Waals surface area contributed by atoms with E-state index in [2.05, 4.69) is 27.3 Å². The van der Waals surface area contributed by atoms with Crippen molar-refractivity contribution in [2.45, 2.75) is 52.0 Å². The van der Waals surface area contributed by atoms with Gasteiger partial charge in [0, 0.05) is 18.7 Å². The highest BCUT2D eigenvalue weighted by Crippen LogP contribution is 2.56. The molecule has 2 aromatic rings. The molecule has 9 nitrogen and oxygen atoms in total. The molecule has 0 saturated heterocycles. The average Bonchev–Trinajstić information content (AvgIpc) is 3.32. The van der Waals surface area contributed by atoms with Crippen LogP contribution in [0.15, 0.2) is 42.8 Å². The van der Waals surface area contributed by atoms with Crippen LogP contribution in [-0.4, -0.2) is 44.2 Å². The fraction of sp³-hybridized carbons (Fsp3) is 0.423. The first-order valence-electron chi connectivity index (χ1n) is 12.1. The fourth-order valence-corrected chi connectivity index (χ4v) is 5.35. The summed E-state index contributed by atoms with van der Waals surface area (Å²) in [6, 6.07) is 4.15. The number of fused-ring (bicyclic) bond motifs is 3. The molecule has 3 aliphatic rings. The first-order valence-corrected chi connectivity index (χ1v) is 12.4. The minimum Gasteiger partial charge on any atom is -0.481 e. The summed E-state index contributed by atoms with van der Waals surface area (Å²) in [7, 11) is 0. The summed E-state index contributed by atoms with van der Waals surface area (Å²) in [6.07, 6.45) is 6.71. The zero-order chi connectivity index (χ0) is 26.8. The average molecular weight is 530 g/mol. The number of carboxylic acid groups (broad SMARTS) is 1. The van der Waals surface area contributed by atoms with Crippen LogP contribution in [0.1, 0.15) is 49.9 Å². The van der Waals surface area contributed by atoms with E-state index in [1.807, 2.05) is 0 Å². The Kier molecular flexibility index (Phi) is 7.49. The van der Waals surface area contributed by atoms with Gasteiger partial charge in [0.05, 0.1) is 10.4 Å². The van der Waals surface area contributed by atoms with Gasteiger partial charge in [0.25, 0.3) is 11.8 Å². The summed E-state index contributed by atoms with van der Waals surface area (Å²) in [5.74, 6) is -1.79. The number of amides is 2. The Labute approximate surface area is 218 Å². The summed E-state index contributed by atoms with van der Waals surface area (Å²) in [6.45, 7) is 5.97. The number of carbonyl (C=O) groups is 3. The van der Waals surface area contributed by atoms with Gasteiger partial charge in [0.15, 0.2) is 0 Å². The summed E-state index contributed by atoms with van der Waals surface area (Å²) < 4.78 is 14.7. The van der Waals surface area contributed by atoms with E-state index in [0.29, 0.717) is 37.2 Å². The molecule has 1 heterocycles. The highest BCUT2D eigenvalue weighted by molar-refractivity contribution is 6.30. The van der Waals surface area contributed by atoms with Crippen molar-refractivity contribution in [2.24, 2.45) is 10.8 Å². The van der Waals surface area contributed by atoms with Crippen LogP contribution in [0, 0.1) is 23.6 Å². The summed E-state index contributed by atoms with van der Waals surface area (Å²) in [5, 5.41) is 19.3. The van der Waals surface area contributed by atoms with Gasteiger partial charge in [0.1, 0.15) is 23.7 Å². The number of hydrogen-bond acceptors (Lipinski definition) is 5. The minimum atomic E-state index is -0.726. The van der Waals surface area contributed by atoms with Gasteiger partial charge in [-0.25, -0.2) is 14.1 Å². The lowest BCUT2D eigenvalue weighted by Gasteiger charge is -2.51. The number of aryl methyl sites for hydroxylation is 1. The monoisotopic (exact) mass is 529 g/mol. The number of rotatable bonds is 9. The highest BCUT2D eigenvalue weighted by atomic mass is 35.5. The van der Waals surface area contributed by atoms with Crippen molar-refractivity contribution in [1.29, 1.82) is 0 Å². The van der Waals surface area contributed by atoms with Gasteiger partial charge >= 0.3 is 5.97 Å². The summed E-state index contributed by atoms with van der Waals surface area (Å²) in [4.78, 5) is 41.8. The smallest absolute Gasteiger partial charge is 0.309 e. The van der Waals surface area contributed by atoms with Crippen molar-refractivity contribution in [3.05, 3.63) is 65.0 Å². The maximum Gasteiger partial charge on any atom is 0.309 e. The molecule has 0 spiro atoms. The van der Waals surface area contributed by atoms with Crippen molar-refractivity contribution in [2.75, 3.05) is 6.54 Å². The van der Waals surface area contributed by atoms with Crippen molar-refractivity contribution < 1.29 is 23.9 Å². The van der Waals surface area contributed by atoms with Crippen LogP contribution < -0.4 is 10.6 Å². The molecular weight excluding hydrogens is 501 g/mol. The lowest BCUT2D eigenvalue weighted by atomic mass is 9.53. The molecule has 3 aliphatic carbocycles. The number of carbonyl (C=O) groups excluding carboxylic acids is 2. The molecule has 3 saturated carbocycles. The zero-order valence-corrected chi connectivity index (χ0v) is 21.3. The zero-order valence-electron chi connectivity index (χ0n) is 20.5. The quantitative estimate of drug-likeness (QED) is 0.336. The van der Waals surface area contributed by atoms with Crippen LogP contribution in [0.2, 0.25) is 5.02 Å². The second kappa shape index (κ2) is 10.5. The molecule has 3 N–H and O–H groups in total. The van der Waals surface area contributed by atoms with Gasteiger partial charge in [0.2, 0.25) is 0 Å². The molecule has 37 heavy (non-hydrogen) atoms. The third-order valence-electron chi connectivity index (χ3n) is 7.70. The fourth-order valence-electron chi connectivity index (χ4n) is 5.14. The topological polar surface area (TPSA) is 126 Å². The van der Waals surface area contributed by atoms with E-state index < -0.39 is 29.0 Å². The Balaban J connectivity index is 1.44. The number of benzene rings is 1. The normalized spacial score (nSPS) is 22.9. The van der Waals surface area contributed by atoms with Gasteiger partial charge in [-0.1, -0.05) is 24.2 Å². The van der Waals surface area contributed by atoms with Crippen LogP contribution in [0.3, 0.4) is 0 Å².